The molecule has 0 fully saturated rings. The zero-order valence-electron chi connectivity index (χ0n) is 10.1. The molecule has 0 radical (unpaired) electrons. The summed E-state index contributed by atoms with van der Waals surface area (Å²) in [5.74, 6) is -0.138. The number of hydrogen-bond acceptors (Lipinski definition) is 2. The molecule has 0 bridgehead atoms. The molecule has 2 nitrogen and oxygen atoms in total. The van der Waals surface area contributed by atoms with Gasteiger partial charge in [-0.15, -0.1) is 6.58 Å². The second-order valence-electron chi connectivity index (χ2n) is 3.90. The van der Waals surface area contributed by atoms with Crippen molar-refractivity contribution in [1.29, 1.82) is 0 Å². The van der Waals surface area contributed by atoms with Crippen LogP contribution >= 0.6 is 0 Å². The summed E-state index contributed by atoms with van der Waals surface area (Å²) in [4.78, 5) is 10.8. The molecule has 0 rings (SSSR count). The van der Waals surface area contributed by atoms with Crippen molar-refractivity contribution in [1.82, 2.24) is 0 Å². The first kappa shape index (κ1) is 13.9. The molecule has 0 aliphatic carbocycles. The molecule has 0 spiro atoms. The highest BCUT2D eigenvalue weighted by Gasteiger charge is 1.96. The lowest BCUT2D eigenvalue weighted by Crippen LogP contribution is -2.02. The molecule has 0 aromatic carbocycles. The normalized spacial score (nSPS) is 11.3. The Labute approximate surface area is 93.0 Å². The predicted molar refractivity (Wildman–Crippen MR) is 63.7 cm³/mol. The lowest BCUT2D eigenvalue weighted by Gasteiger charge is -2.02. The average Bonchev–Trinajstić information content (AvgIpc) is 2.17. The average molecular weight is 210 g/mol. The molecule has 0 amide bonds. The van der Waals surface area contributed by atoms with Crippen LogP contribution in [0.5, 0.6) is 0 Å². The standard InChI is InChI=1S/C13H22O2/c1-5-13(14)15-10-9-12(4)8-6-7-11(2)3/h9H,2,5-8,10H2,1,3-4H3. The van der Waals surface area contributed by atoms with E-state index in [2.05, 4.69) is 13.5 Å². The highest BCUT2D eigenvalue weighted by atomic mass is 16.5. The Morgan fingerprint density at radius 1 is 1.33 bits per heavy atom. The third-order valence-electron chi connectivity index (χ3n) is 2.14. The zero-order chi connectivity index (χ0) is 11.7. The summed E-state index contributed by atoms with van der Waals surface area (Å²) < 4.78 is 4.96. The molecule has 0 N–H and O–H groups in total. The van der Waals surface area contributed by atoms with E-state index in [9.17, 15) is 4.79 Å². The maximum absolute atomic E-state index is 10.8. The molecule has 0 unspecified atom stereocenters. The van der Waals surface area contributed by atoms with Crippen molar-refractivity contribution in [3.8, 4) is 0 Å². The molecule has 0 aromatic heterocycles. The van der Waals surface area contributed by atoms with Gasteiger partial charge in [0.15, 0.2) is 0 Å². The van der Waals surface area contributed by atoms with E-state index in [1.165, 1.54) is 11.1 Å². The number of hydrogen-bond donors (Lipinski definition) is 0. The van der Waals surface area contributed by atoms with Crippen LogP contribution in [0.15, 0.2) is 23.8 Å². The van der Waals surface area contributed by atoms with Gasteiger partial charge in [-0.25, -0.2) is 0 Å². The van der Waals surface area contributed by atoms with Gasteiger partial charge in [-0.05, 0) is 39.2 Å². The number of carbonyl (C=O) groups is 1. The molecule has 0 saturated carbocycles. The van der Waals surface area contributed by atoms with Crippen molar-refractivity contribution in [2.24, 2.45) is 0 Å². The highest BCUT2D eigenvalue weighted by Crippen LogP contribution is 2.10. The minimum Gasteiger partial charge on any atom is -0.461 e. The Morgan fingerprint density at radius 3 is 2.53 bits per heavy atom. The molecule has 0 aromatic rings. The van der Waals surface area contributed by atoms with E-state index in [4.69, 9.17) is 4.74 Å². The van der Waals surface area contributed by atoms with Crippen molar-refractivity contribution >= 4 is 5.97 Å². The van der Waals surface area contributed by atoms with E-state index >= 15 is 0 Å². The van der Waals surface area contributed by atoms with Gasteiger partial charge in [-0.3, -0.25) is 4.79 Å². The van der Waals surface area contributed by atoms with Crippen molar-refractivity contribution in [3.05, 3.63) is 23.8 Å². The number of carbonyl (C=O) groups excluding carboxylic acids is 1. The van der Waals surface area contributed by atoms with E-state index in [0.717, 1.165) is 19.3 Å². The first-order chi connectivity index (χ1) is 7.06. The molecule has 15 heavy (non-hydrogen) atoms. The highest BCUT2D eigenvalue weighted by molar-refractivity contribution is 5.68. The van der Waals surface area contributed by atoms with Crippen molar-refractivity contribution in [2.45, 2.75) is 46.5 Å². The van der Waals surface area contributed by atoms with Crippen molar-refractivity contribution in [2.75, 3.05) is 6.61 Å². The summed E-state index contributed by atoms with van der Waals surface area (Å²) in [5, 5.41) is 0. The summed E-state index contributed by atoms with van der Waals surface area (Å²) in [6.45, 7) is 10.2. The van der Waals surface area contributed by atoms with Crippen LogP contribution in [0.1, 0.15) is 46.5 Å². The molecule has 2 heteroatoms. The van der Waals surface area contributed by atoms with Gasteiger partial charge in [0.25, 0.3) is 0 Å². The van der Waals surface area contributed by atoms with Crippen LogP contribution in [0.3, 0.4) is 0 Å². The van der Waals surface area contributed by atoms with Gasteiger partial charge in [0.05, 0.1) is 0 Å². The van der Waals surface area contributed by atoms with Crippen molar-refractivity contribution in [3.63, 3.8) is 0 Å². The Balaban J connectivity index is 3.60. The molecular weight excluding hydrogens is 188 g/mol. The summed E-state index contributed by atoms with van der Waals surface area (Å²) >= 11 is 0. The van der Waals surface area contributed by atoms with Crippen LogP contribution < -0.4 is 0 Å². The van der Waals surface area contributed by atoms with Gasteiger partial charge in [0.1, 0.15) is 6.61 Å². The summed E-state index contributed by atoms with van der Waals surface area (Å²) in [5.41, 5.74) is 2.50. The third-order valence-corrected chi connectivity index (χ3v) is 2.14. The molecule has 0 aliphatic rings. The molecule has 86 valence electrons. The SMILES string of the molecule is C=C(C)CCCC(C)=CCOC(=O)CC. The predicted octanol–water partition coefficient (Wildman–Crippen LogP) is 3.63. The van der Waals surface area contributed by atoms with Gasteiger partial charge in [-0.2, -0.15) is 0 Å². The molecule has 0 saturated heterocycles. The summed E-state index contributed by atoms with van der Waals surface area (Å²) in [6.07, 6.45) is 5.67. The summed E-state index contributed by atoms with van der Waals surface area (Å²) in [6, 6.07) is 0. The van der Waals surface area contributed by atoms with Gasteiger partial charge in [0.2, 0.25) is 0 Å². The van der Waals surface area contributed by atoms with Gasteiger partial charge in [-0.1, -0.05) is 18.1 Å². The fourth-order valence-corrected chi connectivity index (χ4v) is 1.15. The van der Waals surface area contributed by atoms with E-state index in [1.54, 1.807) is 6.92 Å². The van der Waals surface area contributed by atoms with Gasteiger partial charge in [0, 0.05) is 6.42 Å². The minimum absolute atomic E-state index is 0.138. The van der Waals surface area contributed by atoms with E-state index in [-0.39, 0.29) is 5.97 Å². The van der Waals surface area contributed by atoms with Crippen LogP contribution in [0.4, 0.5) is 0 Å². The first-order valence-corrected chi connectivity index (χ1v) is 5.52. The molecule has 0 atom stereocenters. The van der Waals surface area contributed by atoms with Gasteiger partial charge >= 0.3 is 5.97 Å². The lowest BCUT2D eigenvalue weighted by molar-refractivity contribution is -0.141. The Hall–Kier alpha value is -1.05. The largest absolute Gasteiger partial charge is 0.461 e. The lowest BCUT2D eigenvalue weighted by atomic mass is 10.1. The Bertz CT molecular complexity index is 239. The number of ether oxygens (including phenoxy) is 1. The number of allylic oxidation sites excluding steroid dienone is 2. The molecule has 0 heterocycles. The maximum atomic E-state index is 10.8. The van der Waals surface area contributed by atoms with Crippen LogP contribution in [0, 0.1) is 0 Å². The Kier molecular flexibility index (Phi) is 7.69. The van der Waals surface area contributed by atoms with Crippen LogP contribution in [-0.2, 0) is 9.53 Å². The van der Waals surface area contributed by atoms with E-state index in [1.807, 2.05) is 13.0 Å². The molecular formula is C13H22O2. The fourth-order valence-electron chi connectivity index (χ4n) is 1.15. The number of esters is 1. The smallest absolute Gasteiger partial charge is 0.305 e. The van der Waals surface area contributed by atoms with Crippen LogP contribution in [0.2, 0.25) is 0 Å². The second kappa shape index (κ2) is 8.27. The van der Waals surface area contributed by atoms with Gasteiger partial charge < -0.3 is 4.74 Å². The minimum atomic E-state index is -0.138. The van der Waals surface area contributed by atoms with Crippen LogP contribution in [0.25, 0.3) is 0 Å². The molecule has 0 aliphatic heterocycles. The van der Waals surface area contributed by atoms with Crippen molar-refractivity contribution < 1.29 is 9.53 Å². The first-order valence-electron chi connectivity index (χ1n) is 5.52. The Morgan fingerprint density at radius 2 is 2.00 bits per heavy atom. The topological polar surface area (TPSA) is 26.3 Å². The van der Waals surface area contributed by atoms with E-state index in [0.29, 0.717) is 13.0 Å². The fraction of sp³-hybridized carbons (Fsp3) is 0.615. The number of rotatable bonds is 7. The quantitative estimate of drug-likeness (QED) is 0.474. The second-order valence-corrected chi connectivity index (χ2v) is 3.90. The van der Waals surface area contributed by atoms with E-state index < -0.39 is 0 Å². The third kappa shape index (κ3) is 9.26. The van der Waals surface area contributed by atoms with Crippen LogP contribution in [-0.4, -0.2) is 12.6 Å². The maximum Gasteiger partial charge on any atom is 0.305 e. The summed E-state index contributed by atoms with van der Waals surface area (Å²) in [7, 11) is 0. The zero-order valence-corrected chi connectivity index (χ0v) is 10.1. The monoisotopic (exact) mass is 210 g/mol.